The van der Waals surface area contributed by atoms with Gasteiger partial charge < -0.3 is 4.74 Å². The minimum absolute atomic E-state index is 0.168. The average molecular weight is 353 g/mol. The number of ether oxygens (including phenoxy) is 1. The van der Waals surface area contributed by atoms with Gasteiger partial charge in [-0.2, -0.15) is 10.1 Å². The third-order valence-electron chi connectivity index (χ3n) is 4.22. The Balaban J connectivity index is 5.14. The zero-order valence-corrected chi connectivity index (χ0v) is 17.7. The molecular formula is C21H40N2O2. The molecule has 0 heterocycles. The van der Waals surface area contributed by atoms with Crippen LogP contribution in [0.15, 0.2) is 17.8 Å². The highest BCUT2D eigenvalue weighted by Gasteiger charge is 2.29. The molecule has 0 radical (unpaired) electrons. The molecule has 0 aliphatic heterocycles. The molecule has 25 heavy (non-hydrogen) atoms. The number of carbonyl (C=O) groups is 1. The summed E-state index contributed by atoms with van der Waals surface area (Å²) in [7, 11) is 0. The maximum absolute atomic E-state index is 12.6. The molecule has 0 rings (SSSR count). The Bertz CT molecular complexity index is 424. The van der Waals surface area contributed by atoms with E-state index in [1.54, 1.807) is 6.08 Å². The maximum atomic E-state index is 12.6. The number of carbonyl (C=O) groups excluding carboxylic acids is 1. The Hall–Kier alpha value is -1.32. The Morgan fingerprint density at radius 2 is 1.80 bits per heavy atom. The SMILES string of the molecule is C=CC([C@@H](C)CC)N(/N=C/[C@@H](C)CCCC(C)C)C(=O)OC(C)(C)C. The molecule has 0 aromatic rings. The third-order valence-corrected chi connectivity index (χ3v) is 4.22. The summed E-state index contributed by atoms with van der Waals surface area (Å²) < 4.78 is 5.55. The molecule has 0 bridgehead atoms. The Morgan fingerprint density at radius 1 is 1.20 bits per heavy atom. The molecule has 0 aliphatic rings. The molecule has 0 N–H and O–H groups in total. The Kier molecular flexibility index (Phi) is 10.7. The van der Waals surface area contributed by atoms with Crippen LogP contribution in [-0.2, 0) is 4.74 Å². The van der Waals surface area contributed by atoms with Crippen molar-refractivity contribution in [2.45, 2.75) is 92.7 Å². The van der Waals surface area contributed by atoms with Gasteiger partial charge in [-0.3, -0.25) is 0 Å². The fraction of sp³-hybridized carbons (Fsp3) is 0.810. The van der Waals surface area contributed by atoms with Gasteiger partial charge in [-0.1, -0.05) is 60.0 Å². The van der Waals surface area contributed by atoms with Crippen LogP contribution < -0.4 is 0 Å². The van der Waals surface area contributed by atoms with Crippen molar-refractivity contribution in [3.05, 3.63) is 12.7 Å². The van der Waals surface area contributed by atoms with Gasteiger partial charge in [-0.15, -0.1) is 6.58 Å². The first kappa shape index (κ1) is 23.7. The van der Waals surface area contributed by atoms with Crippen molar-refractivity contribution in [2.75, 3.05) is 0 Å². The van der Waals surface area contributed by atoms with E-state index in [9.17, 15) is 4.79 Å². The molecule has 1 amide bonds. The molecule has 0 spiro atoms. The van der Waals surface area contributed by atoms with E-state index < -0.39 is 11.7 Å². The van der Waals surface area contributed by atoms with Crippen molar-refractivity contribution in [3.63, 3.8) is 0 Å². The van der Waals surface area contributed by atoms with Crippen molar-refractivity contribution in [3.8, 4) is 0 Å². The van der Waals surface area contributed by atoms with Crippen molar-refractivity contribution < 1.29 is 9.53 Å². The van der Waals surface area contributed by atoms with Crippen molar-refractivity contribution in [2.24, 2.45) is 22.9 Å². The summed E-state index contributed by atoms with van der Waals surface area (Å²) in [6.07, 6.45) is 7.66. The number of nitrogens with zero attached hydrogens (tertiary/aromatic N) is 2. The zero-order valence-electron chi connectivity index (χ0n) is 17.7. The summed E-state index contributed by atoms with van der Waals surface area (Å²) in [4.78, 5) is 12.6. The second kappa shape index (κ2) is 11.3. The minimum atomic E-state index is -0.547. The third kappa shape index (κ3) is 10.3. The first-order valence-electron chi connectivity index (χ1n) is 9.70. The van der Waals surface area contributed by atoms with Gasteiger partial charge in [-0.05, 0) is 44.9 Å². The van der Waals surface area contributed by atoms with Crippen LogP contribution in [-0.4, -0.2) is 29.0 Å². The molecule has 0 aromatic carbocycles. The molecule has 0 aliphatic carbocycles. The predicted molar refractivity (Wildman–Crippen MR) is 108 cm³/mol. The van der Waals surface area contributed by atoms with E-state index in [4.69, 9.17) is 4.74 Å². The van der Waals surface area contributed by atoms with E-state index in [-0.39, 0.29) is 12.0 Å². The molecule has 0 saturated heterocycles. The summed E-state index contributed by atoms with van der Waals surface area (Å²) in [5.41, 5.74) is -0.547. The van der Waals surface area contributed by atoms with E-state index in [0.29, 0.717) is 5.92 Å². The number of amides is 1. The second-order valence-corrected chi connectivity index (χ2v) is 8.50. The molecule has 4 nitrogen and oxygen atoms in total. The van der Waals surface area contributed by atoms with Crippen LogP contribution >= 0.6 is 0 Å². The van der Waals surface area contributed by atoms with E-state index in [1.807, 2.05) is 27.0 Å². The van der Waals surface area contributed by atoms with Crippen LogP contribution in [0.1, 0.15) is 81.1 Å². The minimum Gasteiger partial charge on any atom is -0.442 e. The van der Waals surface area contributed by atoms with Crippen LogP contribution in [0.5, 0.6) is 0 Å². The second-order valence-electron chi connectivity index (χ2n) is 8.50. The molecule has 1 unspecified atom stereocenters. The van der Waals surface area contributed by atoms with Crippen LogP contribution in [0.4, 0.5) is 4.79 Å². The van der Waals surface area contributed by atoms with Gasteiger partial charge in [0.15, 0.2) is 0 Å². The zero-order chi connectivity index (χ0) is 19.6. The van der Waals surface area contributed by atoms with Crippen LogP contribution in [0, 0.1) is 17.8 Å². The highest BCUT2D eigenvalue weighted by atomic mass is 16.6. The first-order chi connectivity index (χ1) is 11.5. The number of rotatable bonds is 10. The summed E-state index contributed by atoms with van der Waals surface area (Å²) >= 11 is 0. The summed E-state index contributed by atoms with van der Waals surface area (Å²) in [5, 5.41) is 5.97. The predicted octanol–water partition coefficient (Wildman–Crippen LogP) is 6.27. The topological polar surface area (TPSA) is 41.9 Å². The molecule has 146 valence electrons. The van der Waals surface area contributed by atoms with Gasteiger partial charge in [0.05, 0.1) is 6.04 Å². The highest BCUT2D eigenvalue weighted by molar-refractivity contribution is 5.71. The summed E-state index contributed by atoms with van der Waals surface area (Å²) in [6, 6.07) is -0.168. The van der Waals surface area contributed by atoms with Crippen LogP contribution in [0.3, 0.4) is 0 Å². The normalized spacial score (nSPS) is 15.9. The lowest BCUT2D eigenvalue weighted by molar-refractivity contribution is 0.0160. The Morgan fingerprint density at radius 3 is 2.24 bits per heavy atom. The van der Waals surface area contributed by atoms with E-state index >= 15 is 0 Å². The largest absolute Gasteiger partial charge is 0.442 e. The summed E-state index contributed by atoms with van der Waals surface area (Å²) in [5.74, 6) is 1.31. The number of hydrogen-bond donors (Lipinski definition) is 0. The molecule has 4 heteroatoms. The van der Waals surface area contributed by atoms with Gasteiger partial charge in [0, 0.05) is 6.21 Å². The lowest BCUT2D eigenvalue weighted by Gasteiger charge is -2.31. The van der Waals surface area contributed by atoms with Crippen molar-refractivity contribution in [1.29, 1.82) is 0 Å². The molecular weight excluding hydrogens is 312 g/mol. The maximum Gasteiger partial charge on any atom is 0.431 e. The van der Waals surface area contributed by atoms with Gasteiger partial charge in [0.2, 0.25) is 0 Å². The summed E-state index contributed by atoms with van der Waals surface area (Å²) in [6.45, 7) is 20.3. The quantitative estimate of drug-likeness (QED) is 0.264. The standard InChI is InChI=1S/C21H40N2O2/c1-10-18(6)19(11-2)23(20(24)25-21(7,8)9)22-15-17(5)14-12-13-16(3)4/h11,15-19H,2,10,12-14H2,1,3-9H3/b22-15+/t17-,18-,19?/m0/s1. The van der Waals surface area contributed by atoms with Crippen molar-refractivity contribution >= 4 is 12.3 Å². The number of hydrogen-bond acceptors (Lipinski definition) is 3. The van der Waals surface area contributed by atoms with Crippen LogP contribution in [0.25, 0.3) is 0 Å². The van der Waals surface area contributed by atoms with Crippen molar-refractivity contribution in [1.82, 2.24) is 5.01 Å². The Labute approximate surface area is 155 Å². The first-order valence-corrected chi connectivity index (χ1v) is 9.70. The molecule has 0 saturated carbocycles. The smallest absolute Gasteiger partial charge is 0.431 e. The fourth-order valence-corrected chi connectivity index (χ4v) is 2.48. The van der Waals surface area contributed by atoms with Gasteiger partial charge >= 0.3 is 6.09 Å². The molecule has 0 aromatic heterocycles. The molecule has 3 atom stereocenters. The van der Waals surface area contributed by atoms with Gasteiger partial charge in [-0.25, -0.2) is 4.79 Å². The fourth-order valence-electron chi connectivity index (χ4n) is 2.48. The van der Waals surface area contributed by atoms with E-state index in [1.165, 1.54) is 17.9 Å². The highest BCUT2D eigenvalue weighted by Crippen LogP contribution is 2.20. The molecule has 0 fully saturated rings. The van der Waals surface area contributed by atoms with E-state index in [2.05, 4.69) is 46.3 Å². The average Bonchev–Trinajstić information content (AvgIpc) is 2.48. The lowest BCUT2D eigenvalue weighted by Crippen LogP contribution is -2.42. The van der Waals surface area contributed by atoms with Gasteiger partial charge in [0.1, 0.15) is 5.60 Å². The lowest BCUT2D eigenvalue weighted by atomic mass is 9.99. The van der Waals surface area contributed by atoms with E-state index in [0.717, 1.165) is 18.8 Å². The number of hydrazone groups is 1. The van der Waals surface area contributed by atoms with Gasteiger partial charge in [0.25, 0.3) is 0 Å². The monoisotopic (exact) mass is 352 g/mol. The van der Waals surface area contributed by atoms with Crippen LogP contribution in [0.2, 0.25) is 0 Å².